The van der Waals surface area contributed by atoms with Gasteiger partial charge in [-0.05, 0) is 30.3 Å². The van der Waals surface area contributed by atoms with Crippen LogP contribution in [0.15, 0.2) is 59.4 Å². The smallest absolute Gasteiger partial charge is 0.142 e. The molecule has 0 fully saturated rings. The standard InChI is InChI=1S/C18H18N2O2S/c19-16-11-14(17-12-23-13-20-17)7-8-18(16)22-10-4-9-21-15-5-2-1-3-6-15/h1-3,5-8,11-13H,4,9-10,19H2. The van der Waals surface area contributed by atoms with Crippen LogP contribution in [0.3, 0.4) is 0 Å². The number of nitrogen functional groups attached to an aromatic ring is 1. The Labute approximate surface area is 139 Å². The molecule has 2 N–H and O–H groups in total. The van der Waals surface area contributed by atoms with Gasteiger partial charge in [-0.1, -0.05) is 18.2 Å². The molecule has 0 amide bonds. The molecule has 0 unspecified atom stereocenters. The highest BCUT2D eigenvalue weighted by Crippen LogP contribution is 2.28. The second-order valence-corrected chi connectivity index (χ2v) is 5.71. The van der Waals surface area contributed by atoms with E-state index in [4.69, 9.17) is 15.2 Å². The minimum atomic E-state index is 0.563. The molecule has 4 nitrogen and oxygen atoms in total. The van der Waals surface area contributed by atoms with E-state index >= 15 is 0 Å². The van der Waals surface area contributed by atoms with Gasteiger partial charge in [-0.25, -0.2) is 4.98 Å². The summed E-state index contributed by atoms with van der Waals surface area (Å²) in [6.07, 6.45) is 0.794. The minimum Gasteiger partial charge on any atom is -0.493 e. The maximum atomic E-state index is 6.05. The van der Waals surface area contributed by atoms with E-state index in [0.717, 1.165) is 23.4 Å². The van der Waals surface area contributed by atoms with E-state index in [-0.39, 0.29) is 0 Å². The molecular formula is C18H18N2O2S. The van der Waals surface area contributed by atoms with Gasteiger partial charge in [0.2, 0.25) is 0 Å². The van der Waals surface area contributed by atoms with Crippen molar-refractivity contribution < 1.29 is 9.47 Å². The lowest BCUT2D eigenvalue weighted by Gasteiger charge is -2.10. The van der Waals surface area contributed by atoms with E-state index in [9.17, 15) is 0 Å². The average Bonchev–Trinajstić information content (AvgIpc) is 3.11. The molecule has 5 heteroatoms. The summed E-state index contributed by atoms with van der Waals surface area (Å²) in [5, 5.41) is 2.00. The molecule has 1 heterocycles. The van der Waals surface area contributed by atoms with Crippen LogP contribution >= 0.6 is 11.3 Å². The lowest BCUT2D eigenvalue weighted by Crippen LogP contribution is -2.06. The number of aromatic nitrogens is 1. The third-order valence-electron chi connectivity index (χ3n) is 3.30. The summed E-state index contributed by atoms with van der Waals surface area (Å²) < 4.78 is 11.3. The van der Waals surface area contributed by atoms with Crippen LogP contribution in [0.5, 0.6) is 11.5 Å². The third-order valence-corrected chi connectivity index (χ3v) is 3.88. The monoisotopic (exact) mass is 326 g/mol. The van der Waals surface area contributed by atoms with E-state index in [1.807, 2.05) is 59.4 Å². The fraction of sp³-hybridized carbons (Fsp3) is 0.167. The van der Waals surface area contributed by atoms with Crippen molar-refractivity contribution in [3.8, 4) is 22.8 Å². The lowest BCUT2D eigenvalue weighted by molar-refractivity contribution is 0.248. The number of hydrogen-bond acceptors (Lipinski definition) is 5. The number of para-hydroxylation sites is 1. The second-order valence-electron chi connectivity index (χ2n) is 4.99. The number of anilines is 1. The number of hydrogen-bond donors (Lipinski definition) is 1. The van der Waals surface area contributed by atoms with Gasteiger partial charge in [0, 0.05) is 17.4 Å². The zero-order chi connectivity index (χ0) is 15.9. The van der Waals surface area contributed by atoms with Gasteiger partial charge in [-0.3, -0.25) is 0 Å². The highest BCUT2D eigenvalue weighted by Gasteiger charge is 2.05. The minimum absolute atomic E-state index is 0.563. The first kappa shape index (κ1) is 15.4. The maximum Gasteiger partial charge on any atom is 0.142 e. The Bertz CT molecular complexity index is 730. The molecule has 0 saturated carbocycles. The molecule has 0 aliphatic carbocycles. The van der Waals surface area contributed by atoms with Crippen LogP contribution in [-0.2, 0) is 0 Å². The van der Waals surface area contributed by atoms with Gasteiger partial charge >= 0.3 is 0 Å². The average molecular weight is 326 g/mol. The fourth-order valence-corrected chi connectivity index (χ4v) is 2.70. The second kappa shape index (κ2) is 7.65. The number of rotatable bonds is 7. The van der Waals surface area contributed by atoms with Crippen molar-refractivity contribution in [1.82, 2.24) is 4.98 Å². The molecule has 23 heavy (non-hydrogen) atoms. The summed E-state index contributed by atoms with van der Waals surface area (Å²) in [6, 6.07) is 15.5. The van der Waals surface area contributed by atoms with Crippen LogP contribution in [0.25, 0.3) is 11.3 Å². The van der Waals surface area contributed by atoms with Crippen molar-refractivity contribution in [2.24, 2.45) is 0 Å². The molecule has 3 rings (SSSR count). The number of nitrogens with two attached hydrogens (primary N) is 1. The first-order valence-electron chi connectivity index (χ1n) is 7.41. The predicted molar refractivity (Wildman–Crippen MR) is 94.0 cm³/mol. The topological polar surface area (TPSA) is 57.4 Å². The Hall–Kier alpha value is -2.53. The molecule has 2 aromatic carbocycles. The zero-order valence-corrected chi connectivity index (χ0v) is 13.5. The summed E-state index contributed by atoms with van der Waals surface area (Å²) in [5.41, 5.74) is 10.4. The van der Waals surface area contributed by atoms with E-state index in [0.29, 0.717) is 24.7 Å². The van der Waals surface area contributed by atoms with E-state index in [2.05, 4.69) is 4.98 Å². The van der Waals surface area contributed by atoms with Gasteiger partial charge in [0.15, 0.2) is 0 Å². The molecule has 3 aromatic rings. The van der Waals surface area contributed by atoms with Gasteiger partial charge in [0.05, 0.1) is 30.1 Å². The fourth-order valence-electron chi connectivity index (χ4n) is 2.14. The van der Waals surface area contributed by atoms with Crippen LogP contribution in [0.1, 0.15) is 6.42 Å². The van der Waals surface area contributed by atoms with Crippen LogP contribution in [0.2, 0.25) is 0 Å². The Morgan fingerprint density at radius 2 is 1.83 bits per heavy atom. The molecule has 1 aromatic heterocycles. The summed E-state index contributed by atoms with van der Waals surface area (Å²) in [6.45, 7) is 1.17. The van der Waals surface area contributed by atoms with E-state index in [1.165, 1.54) is 0 Å². The molecule has 0 aliphatic rings. The highest BCUT2D eigenvalue weighted by atomic mass is 32.1. The third kappa shape index (κ3) is 4.23. The molecule has 0 radical (unpaired) electrons. The molecular weight excluding hydrogens is 308 g/mol. The molecule has 0 atom stereocenters. The van der Waals surface area contributed by atoms with E-state index < -0.39 is 0 Å². The van der Waals surface area contributed by atoms with Gasteiger partial charge in [-0.15, -0.1) is 11.3 Å². The number of thiazole rings is 1. The van der Waals surface area contributed by atoms with Gasteiger partial charge in [-0.2, -0.15) is 0 Å². The van der Waals surface area contributed by atoms with Crippen molar-refractivity contribution >= 4 is 17.0 Å². The van der Waals surface area contributed by atoms with Gasteiger partial charge in [0.1, 0.15) is 11.5 Å². The maximum absolute atomic E-state index is 6.05. The normalized spacial score (nSPS) is 10.4. The quantitative estimate of drug-likeness (QED) is 0.521. The zero-order valence-electron chi connectivity index (χ0n) is 12.6. The SMILES string of the molecule is Nc1cc(-c2cscn2)ccc1OCCCOc1ccccc1. The Kier molecular flexibility index (Phi) is 5.11. The van der Waals surface area contributed by atoms with Crippen LogP contribution in [0.4, 0.5) is 5.69 Å². The van der Waals surface area contributed by atoms with Crippen LogP contribution in [-0.4, -0.2) is 18.2 Å². The van der Waals surface area contributed by atoms with E-state index in [1.54, 1.807) is 11.3 Å². The predicted octanol–water partition coefficient (Wildman–Crippen LogP) is 4.24. The summed E-state index contributed by atoms with van der Waals surface area (Å²) in [7, 11) is 0. The van der Waals surface area contributed by atoms with Gasteiger partial charge in [0.25, 0.3) is 0 Å². The van der Waals surface area contributed by atoms with Crippen LogP contribution < -0.4 is 15.2 Å². The van der Waals surface area contributed by atoms with Gasteiger partial charge < -0.3 is 15.2 Å². The van der Waals surface area contributed by atoms with Crippen molar-refractivity contribution in [2.75, 3.05) is 18.9 Å². The number of nitrogens with zero attached hydrogens (tertiary/aromatic N) is 1. The highest BCUT2D eigenvalue weighted by molar-refractivity contribution is 7.07. The number of ether oxygens (including phenoxy) is 2. The first-order chi connectivity index (χ1) is 11.3. The lowest BCUT2D eigenvalue weighted by atomic mass is 10.1. The van der Waals surface area contributed by atoms with Crippen LogP contribution in [0, 0.1) is 0 Å². The Morgan fingerprint density at radius 1 is 1.00 bits per heavy atom. The van der Waals surface area contributed by atoms with Crippen molar-refractivity contribution in [3.05, 3.63) is 59.4 Å². The molecule has 0 aliphatic heterocycles. The Balaban J connectivity index is 1.47. The summed E-state index contributed by atoms with van der Waals surface area (Å²) in [5.74, 6) is 1.57. The number of benzene rings is 2. The van der Waals surface area contributed by atoms with Crippen molar-refractivity contribution in [1.29, 1.82) is 0 Å². The molecule has 0 bridgehead atoms. The largest absolute Gasteiger partial charge is 0.493 e. The summed E-state index contributed by atoms with van der Waals surface area (Å²) >= 11 is 1.56. The van der Waals surface area contributed by atoms with Crippen molar-refractivity contribution in [3.63, 3.8) is 0 Å². The first-order valence-corrected chi connectivity index (χ1v) is 8.36. The summed E-state index contributed by atoms with van der Waals surface area (Å²) in [4.78, 5) is 4.28. The molecule has 0 spiro atoms. The molecule has 118 valence electrons. The molecule has 0 saturated heterocycles. The Morgan fingerprint density at radius 3 is 2.57 bits per heavy atom. The van der Waals surface area contributed by atoms with Crippen molar-refractivity contribution in [2.45, 2.75) is 6.42 Å².